The van der Waals surface area contributed by atoms with Crippen LogP contribution < -0.4 is 16.4 Å². The Hall–Kier alpha value is -2.58. The van der Waals surface area contributed by atoms with Crippen molar-refractivity contribution in [2.75, 3.05) is 22.9 Å². The molecular weight excluding hydrogens is 378 g/mol. The van der Waals surface area contributed by atoms with Gasteiger partial charge in [0.25, 0.3) is 0 Å². The van der Waals surface area contributed by atoms with Crippen molar-refractivity contribution >= 4 is 40.2 Å². The van der Waals surface area contributed by atoms with Gasteiger partial charge in [-0.3, -0.25) is 0 Å². The molecule has 28 heavy (non-hydrogen) atoms. The molecule has 3 rings (SSSR count). The molecule has 8 nitrogen and oxygen atoms in total. The number of anilines is 3. The fourth-order valence-corrected chi connectivity index (χ4v) is 2.80. The highest BCUT2D eigenvalue weighted by Crippen LogP contribution is 2.24. The van der Waals surface area contributed by atoms with E-state index < -0.39 is 5.60 Å². The molecule has 1 atom stereocenters. The largest absolute Gasteiger partial charge is 0.398 e. The zero-order chi connectivity index (χ0) is 20.5. The van der Waals surface area contributed by atoms with Crippen molar-refractivity contribution in [3.8, 4) is 0 Å². The first-order chi connectivity index (χ1) is 13.1. The van der Waals surface area contributed by atoms with Crippen LogP contribution in [-0.4, -0.2) is 36.8 Å². The highest BCUT2D eigenvalue weighted by atomic mass is 35.5. The van der Waals surface area contributed by atoms with Crippen molar-refractivity contribution in [2.24, 2.45) is 13.0 Å². The number of hydrogen-bond donors (Lipinski definition) is 4. The molecular formula is C19H26ClN7O. The van der Waals surface area contributed by atoms with E-state index in [9.17, 15) is 5.11 Å². The third-order valence-corrected chi connectivity index (χ3v) is 5.12. The van der Waals surface area contributed by atoms with Crippen molar-refractivity contribution in [2.45, 2.75) is 32.9 Å². The highest BCUT2D eigenvalue weighted by Gasteiger charge is 2.22. The van der Waals surface area contributed by atoms with Crippen LogP contribution in [0.25, 0.3) is 11.2 Å². The first-order valence-electron chi connectivity index (χ1n) is 9.08. The molecule has 0 amide bonds. The summed E-state index contributed by atoms with van der Waals surface area (Å²) in [6.07, 6.45) is 1.70. The van der Waals surface area contributed by atoms with E-state index in [2.05, 4.69) is 25.6 Å². The Kier molecular flexibility index (Phi) is 5.62. The zero-order valence-corrected chi connectivity index (χ0v) is 17.2. The molecule has 0 radical (unpaired) electrons. The Morgan fingerprint density at radius 3 is 2.75 bits per heavy atom. The van der Waals surface area contributed by atoms with Crippen LogP contribution >= 0.6 is 11.6 Å². The van der Waals surface area contributed by atoms with Gasteiger partial charge in [0.1, 0.15) is 0 Å². The van der Waals surface area contributed by atoms with E-state index in [1.165, 1.54) is 0 Å². The summed E-state index contributed by atoms with van der Waals surface area (Å²) in [5.74, 6) is 1.08. The van der Waals surface area contributed by atoms with Gasteiger partial charge in [-0.1, -0.05) is 18.5 Å². The number of rotatable bonds is 7. The van der Waals surface area contributed by atoms with E-state index in [4.69, 9.17) is 17.3 Å². The molecule has 5 N–H and O–H groups in total. The first kappa shape index (κ1) is 20.2. The van der Waals surface area contributed by atoms with Crippen molar-refractivity contribution in [1.29, 1.82) is 0 Å². The minimum Gasteiger partial charge on any atom is -0.398 e. The Morgan fingerprint density at radius 2 is 2.04 bits per heavy atom. The fraction of sp³-hybridized carbons (Fsp3) is 0.421. The summed E-state index contributed by atoms with van der Waals surface area (Å²) in [7, 11) is 1.88. The number of benzene rings is 1. The predicted octanol–water partition coefficient (Wildman–Crippen LogP) is 3.03. The lowest BCUT2D eigenvalue weighted by Crippen LogP contribution is -2.33. The molecule has 3 aromatic rings. The summed E-state index contributed by atoms with van der Waals surface area (Å²) in [6.45, 7) is 6.53. The average Bonchev–Trinajstić information content (AvgIpc) is 3.00. The molecule has 0 spiro atoms. The lowest BCUT2D eigenvalue weighted by Gasteiger charge is -2.25. The van der Waals surface area contributed by atoms with Gasteiger partial charge < -0.3 is 26.0 Å². The molecule has 1 unspecified atom stereocenters. The molecule has 0 fully saturated rings. The number of nitrogen functional groups attached to an aromatic ring is 1. The molecule has 0 aliphatic heterocycles. The smallest absolute Gasteiger partial charge is 0.226 e. The molecule has 150 valence electrons. The van der Waals surface area contributed by atoms with Crippen LogP contribution in [0.3, 0.4) is 0 Å². The van der Waals surface area contributed by atoms with E-state index in [1.807, 2.05) is 24.6 Å². The minimum atomic E-state index is -0.797. The second-order valence-corrected chi connectivity index (χ2v) is 7.99. The number of aryl methyl sites for hydroxylation is 1. The summed E-state index contributed by atoms with van der Waals surface area (Å²) in [6, 6.07) is 5.36. The van der Waals surface area contributed by atoms with Crippen molar-refractivity contribution in [3.05, 3.63) is 35.1 Å². The normalized spacial score (nSPS) is 12.9. The number of aromatic nitrogens is 4. The molecule has 0 aliphatic carbocycles. The maximum Gasteiger partial charge on any atom is 0.226 e. The topological polar surface area (TPSA) is 114 Å². The molecule has 0 saturated heterocycles. The molecule has 2 aromatic heterocycles. The highest BCUT2D eigenvalue weighted by molar-refractivity contribution is 6.30. The maximum atomic E-state index is 10.1. The van der Waals surface area contributed by atoms with Crippen LogP contribution in [0.15, 0.2) is 24.5 Å². The number of fused-ring (bicyclic) bond motifs is 1. The molecule has 9 heteroatoms. The number of nitrogens with one attached hydrogen (secondary N) is 2. The van der Waals surface area contributed by atoms with Crippen LogP contribution in [0, 0.1) is 5.92 Å². The second kappa shape index (κ2) is 7.81. The lowest BCUT2D eigenvalue weighted by atomic mass is 9.93. The predicted molar refractivity (Wildman–Crippen MR) is 113 cm³/mol. The zero-order valence-electron chi connectivity index (χ0n) is 16.5. The fourth-order valence-electron chi connectivity index (χ4n) is 2.61. The Balaban J connectivity index is 1.85. The monoisotopic (exact) mass is 403 g/mol. The number of nitrogens with zero attached hydrogens (tertiary/aromatic N) is 4. The van der Waals surface area contributed by atoms with Crippen LogP contribution in [0.5, 0.6) is 0 Å². The molecule has 2 heterocycles. The van der Waals surface area contributed by atoms with Crippen LogP contribution in [0.4, 0.5) is 17.5 Å². The number of hydrogen-bond acceptors (Lipinski definition) is 7. The van der Waals surface area contributed by atoms with E-state index in [1.54, 1.807) is 32.3 Å². The van der Waals surface area contributed by atoms with Gasteiger partial charge in [-0.05, 0) is 37.6 Å². The molecule has 0 bridgehead atoms. The van der Waals surface area contributed by atoms with Crippen LogP contribution in [-0.2, 0) is 13.6 Å². The third-order valence-electron chi connectivity index (χ3n) is 4.88. The van der Waals surface area contributed by atoms with Gasteiger partial charge in [0, 0.05) is 36.8 Å². The molecule has 0 aliphatic rings. The van der Waals surface area contributed by atoms with E-state index >= 15 is 0 Å². The summed E-state index contributed by atoms with van der Waals surface area (Å²) in [4.78, 5) is 13.5. The van der Waals surface area contributed by atoms with E-state index in [0.29, 0.717) is 46.7 Å². The van der Waals surface area contributed by atoms with E-state index in [0.717, 1.165) is 5.56 Å². The number of imidazole rings is 1. The van der Waals surface area contributed by atoms with Crippen molar-refractivity contribution in [1.82, 2.24) is 19.5 Å². The van der Waals surface area contributed by atoms with Gasteiger partial charge in [-0.15, -0.1) is 0 Å². The van der Waals surface area contributed by atoms with Gasteiger partial charge in [0.2, 0.25) is 5.95 Å². The Labute approximate surface area is 169 Å². The number of nitrogens with two attached hydrogens (primary N) is 1. The SMILES string of the molecule is CC(CNc1nc(NCc2cc(Cl)ccc2N)c2ncn(C)c2n1)C(C)(C)O. The average molecular weight is 404 g/mol. The Morgan fingerprint density at radius 1 is 1.29 bits per heavy atom. The maximum absolute atomic E-state index is 10.1. The second-order valence-electron chi connectivity index (χ2n) is 7.56. The standard InChI is InChI=1S/C19H26ClN7O/c1-11(19(2,3)28)8-23-18-25-16(15-17(26-18)27(4)10-24-15)22-9-12-7-13(20)5-6-14(12)21/h5-7,10-11,28H,8-9,21H2,1-4H3,(H2,22,23,25,26). The third kappa shape index (κ3) is 4.45. The van der Waals surface area contributed by atoms with Gasteiger partial charge in [0.15, 0.2) is 17.0 Å². The Bertz CT molecular complexity index is 980. The summed E-state index contributed by atoms with van der Waals surface area (Å²) < 4.78 is 1.83. The van der Waals surface area contributed by atoms with E-state index in [-0.39, 0.29) is 5.92 Å². The summed E-state index contributed by atoms with van der Waals surface area (Å²) >= 11 is 6.07. The van der Waals surface area contributed by atoms with Gasteiger partial charge in [-0.25, -0.2) is 4.98 Å². The van der Waals surface area contributed by atoms with Gasteiger partial charge >= 0.3 is 0 Å². The number of aliphatic hydroxyl groups is 1. The minimum absolute atomic E-state index is 0.0148. The van der Waals surface area contributed by atoms with Gasteiger partial charge in [0.05, 0.1) is 11.9 Å². The quantitative estimate of drug-likeness (QED) is 0.448. The summed E-state index contributed by atoms with van der Waals surface area (Å²) in [5, 5.41) is 17.3. The van der Waals surface area contributed by atoms with Gasteiger partial charge in [-0.2, -0.15) is 9.97 Å². The summed E-state index contributed by atoms with van der Waals surface area (Å²) in [5.41, 5.74) is 8.14. The molecule has 0 saturated carbocycles. The number of halogens is 1. The lowest BCUT2D eigenvalue weighted by molar-refractivity contribution is 0.0303. The van der Waals surface area contributed by atoms with Crippen LogP contribution in [0.1, 0.15) is 26.3 Å². The van der Waals surface area contributed by atoms with Crippen LogP contribution in [0.2, 0.25) is 5.02 Å². The molecule has 1 aromatic carbocycles. The van der Waals surface area contributed by atoms with Crippen molar-refractivity contribution < 1.29 is 5.11 Å². The van der Waals surface area contributed by atoms with Crippen molar-refractivity contribution in [3.63, 3.8) is 0 Å². The first-order valence-corrected chi connectivity index (χ1v) is 9.46.